The Balaban J connectivity index is 2.15. The Morgan fingerprint density at radius 3 is 2.95 bits per heavy atom. The maximum atomic E-state index is 13.1. The van der Waals surface area contributed by atoms with Gasteiger partial charge in [-0.1, -0.05) is 0 Å². The lowest BCUT2D eigenvalue weighted by Crippen LogP contribution is -2.36. The average molecular weight is 282 g/mol. The van der Waals surface area contributed by atoms with Gasteiger partial charge in [-0.05, 0) is 30.4 Å². The molecule has 7 heteroatoms. The van der Waals surface area contributed by atoms with Gasteiger partial charge in [0.05, 0.1) is 11.0 Å². The molecule has 0 spiro atoms. The Morgan fingerprint density at radius 1 is 1.53 bits per heavy atom. The Labute approximate surface area is 115 Å². The van der Waals surface area contributed by atoms with Crippen molar-refractivity contribution < 1.29 is 9.18 Å². The average Bonchev–Trinajstić information content (AvgIpc) is 2.64. The van der Waals surface area contributed by atoms with Crippen molar-refractivity contribution in [2.75, 3.05) is 20.6 Å². The van der Waals surface area contributed by atoms with Crippen LogP contribution in [-0.2, 0) is 6.54 Å². The van der Waals surface area contributed by atoms with E-state index in [2.05, 4.69) is 10.3 Å². The molecular formula is C12H15FN4OS. The fraction of sp³-hybridized carbons (Fsp3) is 0.333. The molecule has 5 nitrogen and oxygen atoms in total. The van der Waals surface area contributed by atoms with E-state index in [1.165, 1.54) is 17.0 Å². The first-order chi connectivity index (χ1) is 8.99. The van der Waals surface area contributed by atoms with Gasteiger partial charge in [0, 0.05) is 27.2 Å². The maximum absolute atomic E-state index is 13.1. The number of aromatic nitrogens is 2. The first-order valence-corrected chi connectivity index (χ1v) is 6.23. The predicted molar refractivity (Wildman–Crippen MR) is 74.2 cm³/mol. The first kappa shape index (κ1) is 13.5. The number of benzene rings is 1. The monoisotopic (exact) mass is 282 g/mol. The van der Waals surface area contributed by atoms with Crippen LogP contribution in [0.4, 0.5) is 9.18 Å². The number of hydrogen-bond donors (Lipinski definition) is 2. The summed E-state index contributed by atoms with van der Waals surface area (Å²) < 4.78 is 15.4. The van der Waals surface area contributed by atoms with Crippen molar-refractivity contribution in [3.05, 3.63) is 28.8 Å². The number of fused-ring (bicyclic) bond motifs is 1. The lowest BCUT2D eigenvalue weighted by atomic mass is 10.3. The van der Waals surface area contributed by atoms with E-state index in [0.717, 1.165) is 5.52 Å². The summed E-state index contributed by atoms with van der Waals surface area (Å²) in [5, 5.41) is 2.76. The topological polar surface area (TPSA) is 53.1 Å². The van der Waals surface area contributed by atoms with Gasteiger partial charge in [-0.15, -0.1) is 0 Å². The normalized spacial score (nSPS) is 10.7. The lowest BCUT2D eigenvalue weighted by Gasteiger charge is -2.12. The molecule has 0 fully saturated rings. The molecule has 1 aromatic carbocycles. The zero-order chi connectivity index (χ0) is 14.0. The fourth-order valence-corrected chi connectivity index (χ4v) is 2.09. The highest BCUT2D eigenvalue weighted by Gasteiger charge is 2.06. The van der Waals surface area contributed by atoms with Crippen molar-refractivity contribution in [1.29, 1.82) is 0 Å². The summed E-state index contributed by atoms with van der Waals surface area (Å²) in [7, 11) is 3.35. The van der Waals surface area contributed by atoms with Crippen LogP contribution in [-0.4, -0.2) is 41.1 Å². The van der Waals surface area contributed by atoms with Crippen LogP contribution in [0.3, 0.4) is 0 Å². The second kappa shape index (κ2) is 5.40. The van der Waals surface area contributed by atoms with Crippen molar-refractivity contribution in [3.63, 3.8) is 0 Å². The van der Waals surface area contributed by atoms with E-state index in [0.29, 0.717) is 23.4 Å². The van der Waals surface area contributed by atoms with Crippen LogP contribution in [0.15, 0.2) is 18.2 Å². The standard InChI is InChI=1S/C12H15FN4OS/c1-16(2)11(18)14-5-6-17-10-4-3-8(13)7-9(10)15-12(17)19/h3-4,7H,5-6H2,1-2H3,(H,14,18)(H,15,19). The Hall–Kier alpha value is -1.89. The SMILES string of the molecule is CN(C)C(=O)NCCn1c(=S)[nH]c2cc(F)ccc21. The number of amides is 2. The number of halogens is 1. The minimum atomic E-state index is -0.309. The van der Waals surface area contributed by atoms with E-state index < -0.39 is 0 Å². The number of H-pyrrole nitrogens is 1. The summed E-state index contributed by atoms with van der Waals surface area (Å²) >= 11 is 5.19. The van der Waals surface area contributed by atoms with Gasteiger partial charge in [0.25, 0.3) is 0 Å². The molecule has 0 radical (unpaired) electrons. The van der Waals surface area contributed by atoms with Crippen LogP contribution in [0.1, 0.15) is 0 Å². The molecule has 19 heavy (non-hydrogen) atoms. The van der Waals surface area contributed by atoms with Gasteiger partial charge in [0.2, 0.25) is 0 Å². The van der Waals surface area contributed by atoms with E-state index in [1.54, 1.807) is 20.2 Å². The lowest BCUT2D eigenvalue weighted by molar-refractivity contribution is 0.217. The smallest absolute Gasteiger partial charge is 0.316 e. The number of carbonyl (C=O) groups is 1. The van der Waals surface area contributed by atoms with Gasteiger partial charge < -0.3 is 19.8 Å². The number of nitrogens with one attached hydrogen (secondary N) is 2. The molecule has 0 aliphatic heterocycles. The summed E-state index contributed by atoms with van der Waals surface area (Å²) in [5.41, 5.74) is 1.48. The van der Waals surface area contributed by atoms with Crippen LogP contribution in [0, 0.1) is 10.6 Å². The van der Waals surface area contributed by atoms with E-state index >= 15 is 0 Å². The Kier molecular flexibility index (Phi) is 3.84. The van der Waals surface area contributed by atoms with Gasteiger partial charge >= 0.3 is 6.03 Å². The van der Waals surface area contributed by atoms with Crippen LogP contribution in [0.25, 0.3) is 11.0 Å². The third-order valence-electron chi connectivity index (χ3n) is 2.75. The van der Waals surface area contributed by atoms with Gasteiger partial charge in [-0.25, -0.2) is 9.18 Å². The summed E-state index contributed by atoms with van der Waals surface area (Å²) in [6, 6.07) is 4.31. The predicted octanol–water partition coefficient (Wildman–Crippen LogP) is 2.11. The fourth-order valence-electron chi connectivity index (χ4n) is 1.79. The van der Waals surface area contributed by atoms with Crippen molar-refractivity contribution in [1.82, 2.24) is 19.8 Å². The molecule has 0 saturated carbocycles. The molecule has 0 unspecified atom stereocenters. The molecule has 2 N–H and O–H groups in total. The minimum absolute atomic E-state index is 0.155. The van der Waals surface area contributed by atoms with E-state index in [1.807, 2.05) is 4.57 Å². The zero-order valence-electron chi connectivity index (χ0n) is 10.7. The largest absolute Gasteiger partial charge is 0.336 e. The number of imidazole rings is 1. The van der Waals surface area contributed by atoms with Gasteiger partial charge in [-0.3, -0.25) is 0 Å². The molecule has 0 atom stereocenters. The Bertz CT molecular complexity index is 661. The van der Waals surface area contributed by atoms with Crippen molar-refractivity contribution in [2.24, 2.45) is 0 Å². The van der Waals surface area contributed by atoms with E-state index in [4.69, 9.17) is 12.2 Å². The molecule has 2 amide bonds. The van der Waals surface area contributed by atoms with Crippen molar-refractivity contribution in [3.8, 4) is 0 Å². The van der Waals surface area contributed by atoms with Crippen LogP contribution in [0.5, 0.6) is 0 Å². The van der Waals surface area contributed by atoms with Gasteiger partial charge in [0.1, 0.15) is 5.82 Å². The molecular weight excluding hydrogens is 267 g/mol. The molecule has 1 heterocycles. The molecule has 0 aliphatic rings. The van der Waals surface area contributed by atoms with Crippen LogP contribution in [0.2, 0.25) is 0 Å². The minimum Gasteiger partial charge on any atom is -0.336 e. The van der Waals surface area contributed by atoms with Crippen LogP contribution >= 0.6 is 12.2 Å². The molecule has 1 aromatic heterocycles. The highest BCUT2D eigenvalue weighted by Crippen LogP contribution is 2.15. The molecule has 0 saturated heterocycles. The second-order valence-corrected chi connectivity index (χ2v) is 4.76. The number of nitrogens with zero attached hydrogens (tertiary/aromatic N) is 2. The van der Waals surface area contributed by atoms with E-state index in [9.17, 15) is 9.18 Å². The highest BCUT2D eigenvalue weighted by atomic mass is 32.1. The number of rotatable bonds is 3. The van der Waals surface area contributed by atoms with Crippen molar-refractivity contribution >= 4 is 29.3 Å². The summed E-state index contributed by atoms with van der Waals surface area (Å²) in [4.78, 5) is 15.8. The van der Waals surface area contributed by atoms with Crippen LogP contribution < -0.4 is 5.32 Å². The molecule has 2 rings (SSSR count). The highest BCUT2D eigenvalue weighted by molar-refractivity contribution is 7.71. The van der Waals surface area contributed by atoms with Gasteiger partial charge in [-0.2, -0.15) is 0 Å². The third kappa shape index (κ3) is 2.93. The summed E-state index contributed by atoms with van der Waals surface area (Å²) in [5.74, 6) is -0.309. The number of carbonyl (C=O) groups excluding carboxylic acids is 1. The maximum Gasteiger partial charge on any atom is 0.316 e. The quantitative estimate of drug-likeness (QED) is 0.847. The van der Waals surface area contributed by atoms with E-state index in [-0.39, 0.29) is 11.8 Å². The second-order valence-electron chi connectivity index (χ2n) is 4.37. The summed E-state index contributed by atoms with van der Waals surface area (Å²) in [6.45, 7) is 0.986. The third-order valence-corrected chi connectivity index (χ3v) is 3.08. The number of aromatic amines is 1. The Morgan fingerprint density at radius 2 is 2.26 bits per heavy atom. The summed E-state index contributed by atoms with van der Waals surface area (Å²) in [6.07, 6.45) is 0. The van der Waals surface area contributed by atoms with Gasteiger partial charge in [0.15, 0.2) is 4.77 Å². The molecule has 0 aliphatic carbocycles. The molecule has 0 bridgehead atoms. The molecule has 2 aromatic rings. The first-order valence-electron chi connectivity index (χ1n) is 5.82. The van der Waals surface area contributed by atoms with Crippen molar-refractivity contribution in [2.45, 2.75) is 6.54 Å². The molecule has 102 valence electrons. The zero-order valence-corrected chi connectivity index (χ0v) is 11.6. The number of urea groups is 1. The number of hydrogen-bond acceptors (Lipinski definition) is 2.